The Hall–Kier alpha value is -3.09. The van der Waals surface area contributed by atoms with Crippen molar-refractivity contribution in [3.05, 3.63) is 41.5 Å². The summed E-state index contributed by atoms with van der Waals surface area (Å²) in [5, 5.41) is 38.9. The van der Waals surface area contributed by atoms with Crippen LogP contribution < -0.4 is 4.74 Å². The van der Waals surface area contributed by atoms with E-state index in [4.69, 9.17) is 9.47 Å². The van der Waals surface area contributed by atoms with Crippen molar-refractivity contribution in [1.82, 2.24) is 0 Å². The minimum atomic E-state index is -0.768. The summed E-state index contributed by atoms with van der Waals surface area (Å²) in [5.41, 5.74) is 0.906. The van der Waals surface area contributed by atoms with Gasteiger partial charge in [0.1, 0.15) is 23.4 Å². The highest BCUT2D eigenvalue weighted by atomic mass is 16.6. The Morgan fingerprint density at radius 2 is 1.88 bits per heavy atom. The maximum atomic E-state index is 11.8. The molecule has 0 spiro atoms. The Kier molecular flexibility index (Phi) is 4.31. The number of fused-ring (bicyclic) bond motifs is 1. The quantitative estimate of drug-likeness (QED) is 0.498. The van der Waals surface area contributed by atoms with Crippen molar-refractivity contribution < 1.29 is 34.7 Å². The Balaban J connectivity index is 2.02. The first-order chi connectivity index (χ1) is 11.9. The molecule has 0 fully saturated rings. The largest absolute Gasteiger partial charge is 0.508 e. The molecule has 1 aliphatic rings. The second kappa shape index (κ2) is 6.43. The second-order valence-corrected chi connectivity index (χ2v) is 5.81. The second-order valence-electron chi connectivity index (χ2n) is 5.81. The van der Waals surface area contributed by atoms with Gasteiger partial charge in [0.25, 0.3) is 0 Å². The van der Waals surface area contributed by atoms with Crippen molar-refractivity contribution in [3.63, 3.8) is 0 Å². The highest BCUT2D eigenvalue weighted by Crippen LogP contribution is 2.43. The van der Waals surface area contributed by atoms with Gasteiger partial charge in [0.15, 0.2) is 17.6 Å². The van der Waals surface area contributed by atoms with Crippen molar-refractivity contribution in [3.8, 4) is 28.7 Å². The van der Waals surface area contributed by atoms with Gasteiger partial charge < -0.3 is 29.9 Å². The van der Waals surface area contributed by atoms with Crippen LogP contribution in [0.15, 0.2) is 30.3 Å². The van der Waals surface area contributed by atoms with Gasteiger partial charge in [-0.3, -0.25) is 4.79 Å². The maximum absolute atomic E-state index is 11.8. The topological polar surface area (TPSA) is 116 Å². The van der Waals surface area contributed by atoms with E-state index in [1.807, 2.05) is 0 Å². The number of hydrogen-bond donors (Lipinski definition) is 4. The molecule has 0 aromatic heterocycles. The van der Waals surface area contributed by atoms with Crippen LogP contribution in [0.1, 0.15) is 30.6 Å². The number of carbonyl (C=O) groups excluding carboxylic acids is 1. The zero-order chi connectivity index (χ0) is 18.1. The fourth-order valence-corrected chi connectivity index (χ4v) is 2.80. The Morgan fingerprint density at radius 1 is 1.12 bits per heavy atom. The standard InChI is InChI=1S/C18H18O7/c1-2-17(23)24-16-8-11-13(21)6-10(19)7-15(11)25-18(16)9-3-4-12(20)14(22)5-9/h3-7,16,18-22H,2,8H2,1H3/t16-,18+/m0/s1. The van der Waals surface area contributed by atoms with Crippen molar-refractivity contribution in [2.24, 2.45) is 0 Å². The van der Waals surface area contributed by atoms with E-state index < -0.39 is 18.2 Å². The number of hydrogen-bond acceptors (Lipinski definition) is 7. The molecular formula is C18H18O7. The number of esters is 1. The summed E-state index contributed by atoms with van der Waals surface area (Å²) in [6.07, 6.45) is -1.15. The summed E-state index contributed by atoms with van der Waals surface area (Å²) in [6.45, 7) is 1.66. The van der Waals surface area contributed by atoms with E-state index in [1.165, 1.54) is 24.3 Å². The third kappa shape index (κ3) is 3.26. The van der Waals surface area contributed by atoms with Crippen LogP contribution in [-0.2, 0) is 16.0 Å². The van der Waals surface area contributed by atoms with Gasteiger partial charge in [-0.2, -0.15) is 0 Å². The minimum Gasteiger partial charge on any atom is -0.508 e. The van der Waals surface area contributed by atoms with Crippen molar-refractivity contribution >= 4 is 5.97 Å². The van der Waals surface area contributed by atoms with E-state index in [9.17, 15) is 25.2 Å². The molecule has 0 radical (unpaired) electrons. The summed E-state index contributed by atoms with van der Waals surface area (Å²) >= 11 is 0. The lowest BCUT2D eigenvalue weighted by Crippen LogP contribution is -2.34. The molecule has 2 aromatic rings. The summed E-state index contributed by atoms with van der Waals surface area (Å²) < 4.78 is 11.3. The van der Waals surface area contributed by atoms with E-state index in [1.54, 1.807) is 13.0 Å². The number of rotatable bonds is 3. The summed E-state index contributed by atoms with van der Waals surface area (Å²) in [5.74, 6) is -1.09. The van der Waals surface area contributed by atoms with Crippen LogP contribution in [0.5, 0.6) is 28.7 Å². The van der Waals surface area contributed by atoms with Crippen molar-refractivity contribution in [1.29, 1.82) is 0 Å². The highest BCUT2D eigenvalue weighted by molar-refractivity contribution is 5.69. The van der Waals surface area contributed by atoms with Gasteiger partial charge in [0.2, 0.25) is 0 Å². The lowest BCUT2D eigenvalue weighted by molar-refractivity contribution is -0.154. The first kappa shape index (κ1) is 16.8. The zero-order valence-electron chi connectivity index (χ0n) is 13.5. The molecule has 3 rings (SSSR count). The van der Waals surface area contributed by atoms with Gasteiger partial charge >= 0.3 is 5.97 Å². The van der Waals surface area contributed by atoms with Gasteiger partial charge in [-0.1, -0.05) is 13.0 Å². The number of ether oxygens (including phenoxy) is 2. The molecule has 1 heterocycles. The van der Waals surface area contributed by atoms with Crippen LogP contribution >= 0.6 is 0 Å². The molecule has 0 unspecified atom stereocenters. The molecule has 1 aliphatic heterocycles. The Labute approximate surface area is 143 Å². The molecule has 0 saturated carbocycles. The average molecular weight is 346 g/mol. The van der Waals surface area contributed by atoms with Gasteiger partial charge in [-0.15, -0.1) is 0 Å². The van der Waals surface area contributed by atoms with E-state index in [0.29, 0.717) is 11.1 Å². The first-order valence-corrected chi connectivity index (χ1v) is 7.82. The average Bonchev–Trinajstić information content (AvgIpc) is 2.57. The zero-order valence-corrected chi connectivity index (χ0v) is 13.5. The molecule has 2 aromatic carbocycles. The molecule has 0 bridgehead atoms. The van der Waals surface area contributed by atoms with Crippen LogP contribution in [0.4, 0.5) is 0 Å². The van der Waals surface area contributed by atoms with Crippen molar-refractivity contribution in [2.45, 2.75) is 32.0 Å². The normalized spacial score (nSPS) is 18.9. The molecule has 0 aliphatic carbocycles. The Morgan fingerprint density at radius 3 is 2.56 bits per heavy atom. The first-order valence-electron chi connectivity index (χ1n) is 7.82. The Bertz CT molecular complexity index is 815. The molecule has 25 heavy (non-hydrogen) atoms. The summed E-state index contributed by atoms with van der Waals surface area (Å²) in [4.78, 5) is 11.8. The molecule has 7 heteroatoms. The third-order valence-corrected chi connectivity index (χ3v) is 4.07. The minimum absolute atomic E-state index is 0.153. The van der Waals surface area contributed by atoms with Gasteiger partial charge in [0, 0.05) is 36.1 Å². The SMILES string of the molecule is CCC(=O)O[C@H]1Cc2c(O)cc(O)cc2O[C@@H]1c1ccc(O)c(O)c1. The highest BCUT2D eigenvalue weighted by Gasteiger charge is 2.36. The fourth-order valence-electron chi connectivity index (χ4n) is 2.80. The van der Waals surface area contributed by atoms with Gasteiger partial charge in [0.05, 0.1) is 0 Å². The molecular weight excluding hydrogens is 328 g/mol. The summed E-state index contributed by atoms with van der Waals surface area (Å²) in [7, 11) is 0. The smallest absolute Gasteiger partial charge is 0.305 e. The van der Waals surface area contributed by atoms with Crippen LogP contribution in [0, 0.1) is 0 Å². The molecule has 4 N–H and O–H groups in total. The number of phenolic OH excluding ortho intramolecular Hbond substituents is 4. The molecule has 132 valence electrons. The molecule has 0 saturated heterocycles. The van der Waals surface area contributed by atoms with Crippen molar-refractivity contribution in [2.75, 3.05) is 0 Å². The molecule has 2 atom stereocenters. The number of carbonyl (C=O) groups is 1. The fraction of sp³-hybridized carbons (Fsp3) is 0.278. The summed E-state index contributed by atoms with van der Waals surface area (Å²) in [6, 6.07) is 6.72. The number of aromatic hydroxyl groups is 4. The lowest BCUT2D eigenvalue weighted by Gasteiger charge is -2.34. The van der Waals surface area contributed by atoms with E-state index in [2.05, 4.69) is 0 Å². The van der Waals surface area contributed by atoms with Gasteiger partial charge in [-0.05, 0) is 12.1 Å². The molecule has 7 nitrogen and oxygen atoms in total. The number of benzene rings is 2. The van der Waals surface area contributed by atoms with Crippen LogP contribution in [-0.4, -0.2) is 32.5 Å². The molecule has 0 amide bonds. The van der Waals surface area contributed by atoms with E-state index >= 15 is 0 Å². The lowest BCUT2D eigenvalue weighted by atomic mass is 9.93. The monoisotopic (exact) mass is 346 g/mol. The third-order valence-electron chi connectivity index (χ3n) is 4.07. The number of phenols is 4. The van der Waals surface area contributed by atoms with E-state index in [-0.39, 0.29) is 41.6 Å². The predicted molar refractivity (Wildman–Crippen MR) is 86.8 cm³/mol. The van der Waals surface area contributed by atoms with Crippen LogP contribution in [0.2, 0.25) is 0 Å². The van der Waals surface area contributed by atoms with Gasteiger partial charge in [-0.25, -0.2) is 0 Å². The van der Waals surface area contributed by atoms with Crippen LogP contribution in [0.25, 0.3) is 0 Å². The maximum Gasteiger partial charge on any atom is 0.305 e. The predicted octanol–water partition coefficient (Wildman–Crippen LogP) is 2.51. The van der Waals surface area contributed by atoms with E-state index in [0.717, 1.165) is 0 Å². The van der Waals surface area contributed by atoms with Crippen LogP contribution in [0.3, 0.4) is 0 Å².